The summed E-state index contributed by atoms with van der Waals surface area (Å²) >= 11 is 1.64. The molecule has 1 N–H and O–H groups in total. The molecule has 0 radical (unpaired) electrons. The zero-order valence-corrected chi connectivity index (χ0v) is 9.45. The molecule has 0 atom stereocenters. The summed E-state index contributed by atoms with van der Waals surface area (Å²) in [7, 11) is 0. The Balaban J connectivity index is 1.96. The number of hydrogen-bond donors (Lipinski definition) is 1. The molecule has 0 fully saturated rings. The van der Waals surface area contributed by atoms with E-state index in [0.717, 1.165) is 10.4 Å². The van der Waals surface area contributed by atoms with Gasteiger partial charge in [-0.05, 0) is 30.5 Å². The maximum atomic E-state index is 11.4. The van der Waals surface area contributed by atoms with E-state index in [1.807, 2.05) is 18.4 Å². The lowest BCUT2D eigenvalue weighted by Crippen LogP contribution is -2.16. The molecule has 0 aromatic carbocycles. The van der Waals surface area contributed by atoms with Crippen molar-refractivity contribution >= 4 is 23.5 Å². The Morgan fingerprint density at radius 2 is 2.44 bits per heavy atom. The number of nitrogens with one attached hydrogen (secondary N) is 1. The maximum absolute atomic E-state index is 11.4. The Bertz CT molecular complexity index is 500. The molecule has 2 heterocycles. The SMILES string of the molecule is Cc1sccc1/C=N/NC(=O)c1ccco1. The molecule has 0 aliphatic rings. The van der Waals surface area contributed by atoms with E-state index in [2.05, 4.69) is 10.5 Å². The average Bonchev–Trinajstić information content (AvgIpc) is 2.90. The molecule has 2 rings (SSSR count). The number of rotatable bonds is 3. The van der Waals surface area contributed by atoms with E-state index in [9.17, 15) is 4.79 Å². The molecule has 1 amide bonds. The minimum absolute atomic E-state index is 0.249. The predicted octanol–water partition coefficient (Wildman–Crippen LogP) is 2.41. The third kappa shape index (κ3) is 2.38. The minimum atomic E-state index is -0.353. The van der Waals surface area contributed by atoms with E-state index in [-0.39, 0.29) is 11.7 Å². The van der Waals surface area contributed by atoms with Crippen LogP contribution >= 0.6 is 11.3 Å². The van der Waals surface area contributed by atoms with Gasteiger partial charge in [-0.15, -0.1) is 11.3 Å². The number of carbonyl (C=O) groups is 1. The van der Waals surface area contributed by atoms with Crippen molar-refractivity contribution in [1.29, 1.82) is 0 Å². The first-order chi connectivity index (χ1) is 7.77. The van der Waals surface area contributed by atoms with Gasteiger partial charge in [0.05, 0.1) is 12.5 Å². The normalized spacial score (nSPS) is 10.8. The molecular weight excluding hydrogens is 224 g/mol. The molecule has 0 aliphatic heterocycles. The van der Waals surface area contributed by atoms with Crippen LogP contribution in [-0.4, -0.2) is 12.1 Å². The summed E-state index contributed by atoms with van der Waals surface area (Å²) in [5.41, 5.74) is 3.40. The van der Waals surface area contributed by atoms with Gasteiger partial charge in [0.2, 0.25) is 0 Å². The van der Waals surface area contributed by atoms with E-state index in [0.29, 0.717) is 0 Å². The van der Waals surface area contributed by atoms with Crippen LogP contribution in [0.3, 0.4) is 0 Å². The Kier molecular flexibility index (Phi) is 3.16. The van der Waals surface area contributed by atoms with Crippen LogP contribution in [0, 0.1) is 6.92 Å². The van der Waals surface area contributed by atoms with Gasteiger partial charge in [0.1, 0.15) is 0 Å². The molecule has 82 valence electrons. The van der Waals surface area contributed by atoms with Crippen LogP contribution < -0.4 is 5.43 Å². The summed E-state index contributed by atoms with van der Waals surface area (Å²) < 4.78 is 4.92. The third-order valence-electron chi connectivity index (χ3n) is 2.01. The summed E-state index contributed by atoms with van der Waals surface area (Å²) in [6.45, 7) is 2.00. The summed E-state index contributed by atoms with van der Waals surface area (Å²) in [5, 5.41) is 5.83. The lowest BCUT2D eigenvalue weighted by molar-refractivity contribution is 0.0927. The van der Waals surface area contributed by atoms with Crippen molar-refractivity contribution in [1.82, 2.24) is 5.43 Å². The molecule has 4 nitrogen and oxygen atoms in total. The quantitative estimate of drug-likeness (QED) is 0.655. The highest BCUT2D eigenvalue weighted by Gasteiger charge is 2.05. The molecule has 0 saturated heterocycles. The van der Waals surface area contributed by atoms with E-state index < -0.39 is 0 Å². The molecule has 2 aromatic rings. The van der Waals surface area contributed by atoms with Crippen molar-refractivity contribution in [3.63, 3.8) is 0 Å². The fourth-order valence-corrected chi connectivity index (χ4v) is 1.83. The van der Waals surface area contributed by atoms with Crippen molar-refractivity contribution in [2.24, 2.45) is 5.10 Å². The van der Waals surface area contributed by atoms with Gasteiger partial charge in [-0.1, -0.05) is 0 Å². The highest BCUT2D eigenvalue weighted by Crippen LogP contribution is 2.12. The lowest BCUT2D eigenvalue weighted by Gasteiger charge is -1.94. The second kappa shape index (κ2) is 4.76. The van der Waals surface area contributed by atoms with Crippen molar-refractivity contribution in [3.05, 3.63) is 46.0 Å². The van der Waals surface area contributed by atoms with Crippen LogP contribution in [0.1, 0.15) is 21.0 Å². The summed E-state index contributed by atoms with van der Waals surface area (Å²) in [4.78, 5) is 12.6. The third-order valence-corrected chi connectivity index (χ3v) is 2.88. The zero-order chi connectivity index (χ0) is 11.4. The standard InChI is InChI=1S/C11H10N2O2S/c1-8-9(4-6-16-8)7-12-13-11(14)10-3-2-5-15-10/h2-7H,1H3,(H,13,14)/b12-7+. The highest BCUT2D eigenvalue weighted by molar-refractivity contribution is 7.10. The van der Waals surface area contributed by atoms with Crippen LogP contribution in [0.2, 0.25) is 0 Å². The molecule has 5 heteroatoms. The van der Waals surface area contributed by atoms with Gasteiger partial charge in [-0.3, -0.25) is 4.79 Å². The van der Waals surface area contributed by atoms with E-state index in [1.165, 1.54) is 6.26 Å². The average molecular weight is 234 g/mol. The second-order valence-corrected chi connectivity index (χ2v) is 4.23. The lowest BCUT2D eigenvalue weighted by atomic mass is 10.3. The van der Waals surface area contributed by atoms with Gasteiger partial charge < -0.3 is 4.42 Å². The minimum Gasteiger partial charge on any atom is -0.459 e. The number of carbonyl (C=O) groups excluding carboxylic acids is 1. The van der Waals surface area contributed by atoms with E-state index in [4.69, 9.17) is 4.42 Å². The summed E-state index contributed by atoms with van der Waals surface area (Å²) in [6.07, 6.45) is 3.06. The Morgan fingerprint density at radius 1 is 1.56 bits per heavy atom. The van der Waals surface area contributed by atoms with Gasteiger partial charge in [0.15, 0.2) is 5.76 Å². The monoisotopic (exact) mass is 234 g/mol. The van der Waals surface area contributed by atoms with Crippen LogP contribution in [0.25, 0.3) is 0 Å². The first-order valence-corrected chi connectivity index (χ1v) is 5.56. The van der Waals surface area contributed by atoms with Crippen LogP contribution in [0.4, 0.5) is 0 Å². The van der Waals surface area contributed by atoms with Crippen molar-refractivity contribution in [2.45, 2.75) is 6.92 Å². The van der Waals surface area contributed by atoms with E-state index in [1.54, 1.807) is 29.7 Å². The van der Waals surface area contributed by atoms with Gasteiger partial charge in [-0.25, -0.2) is 5.43 Å². The maximum Gasteiger partial charge on any atom is 0.307 e. The molecule has 0 aliphatic carbocycles. The number of nitrogens with zero attached hydrogens (tertiary/aromatic N) is 1. The van der Waals surface area contributed by atoms with Gasteiger partial charge in [0.25, 0.3) is 0 Å². The van der Waals surface area contributed by atoms with E-state index >= 15 is 0 Å². The fourth-order valence-electron chi connectivity index (χ4n) is 1.15. The molecule has 0 unspecified atom stereocenters. The second-order valence-electron chi connectivity index (χ2n) is 3.11. The molecule has 16 heavy (non-hydrogen) atoms. The van der Waals surface area contributed by atoms with Crippen LogP contribution in [0.5, 0.6) is 0 Å². The Hall–Kier alpha value is -1.88. The Labute approximate surface area is 96.6 Å². The molecular formula is C11H10N2O2S. The number of thiophene rings is 1. The van der Waals surface area contributed by atoms with Crippen molar-refractivity contribution in [3.8, 4) is 0 Å². The smallest absolute Gasteiger partial charge is 0.307 e. The molecule has 0 saturated carbocycles. The van der Waals surface area contributed by atoms with Gasteiger partial charge >= 0.3 is 5.91 Å². The van der Waals surface area contributed by atoms with Crippen LogP contribution in [0.15, 0.2) is 39.4 Å². The van der Waals surface area contributed by atoms with Crippen molar-refractivity contribution in [2.75, 3.05) is 0 Å². The largest absolute Gasteiger partial charge is 0.459 e. The molecule has 0 bridgehead atoms. The molecule has 0 spiro atoms. The van der Waals surface area contributed by atoms with Crippen molar-refractivity contribution < 1.29 is 9.21 Å². The first-order valence-electron chi connectivity index (χ1n) is 4.68. The zero-order valence-electron chi connectivity index (χ0n) is 8.64. The number of hydrazone groups is 1. The predicted molar refractivity (Wildman–Crippen MR) is 62.8 cm³/mol. The number of aryl methyl sites for hydroxylation is 1. The molecule has 2 aromatic heterocycles. The van der Waals surface area contributed by atoms with Gasteiger partial charge in [-0.2, -0.15) is 5.10 Å². The topological polar surface area (TPSA) is 54.6 Å². The highest BCUT2D eigenvalue weighted by atomic mass is 32.1. The number of hydrogen-bond acceptors (Lipinski definition) is 4. The van der Waals surface area contributed by atoms with Crippen LogP contribution in [-0.2, 0) is 0 Å². The summed E-state index contributed by atoms with van der Waals surface area (Å²) in [6, 6.07) is 5.19. The summed E-state index contributed by atoms with van der Waals surface area (Å²) in [5.74, 6) is -0.103. The van der Waals surface area contributed by atoms with Gasteiger partial charge in [0, 0.05) is 10.4 Å². The Morgan fingerprint density at radius 3 is 3.06 bits per heavy atom. The first kappa shape index (κ1) is 10.6. The fraction of sp³-hybridized carbons (Fsp3) is 0.0909. The number of amides is 1. The number of furan rings is 1.